The molecule has 0 bridgehead atoms. The molecule has 1 aliphatic heterocycles. The molecule has 3 heteroatoms. The minimum Gasteiger partial charge on any atom is -0.309 e. The van der Waals surface area contributed by atoms with Crippen LogP contribution in [0.25, 0.3) is 103 Å². The van der Waals surface area contributed by atoms with Gasteiger partial charge in [0.15, 0.2) is 0 Å². The van der Waals surface area contributed by atoms with Crippen LogP contribution < -0.4 is 4.90 Å². The number of nitrogens with zero attached hydrogens (tertiary/aromatic N) is 2. The summed E-state index contributed by atoms with van der Waals surface area (Å²) >= 11 is 1.88. The third kappa shape index (κ3) is 5.42. The van der Waals surface area contributed by atoms with Crippen molar-refractivity contribution in [2.75, 3.05) is 4.90 Å². The number of aromatic nitrogens is 1. The molecule has 0 radical (unpaired) electrons. The van der Waals surface area contributed by atoms with E-state index in [1.54, 1.807) is 0 Å². The number of thiophene rings is 1. The standard InChI is InChI=1S/C72H46N2S/c1-71(2)60-24-11-13-27-65(60)74(67-28-15-25-61-70(67)54-20-5-10-23-59(54)72(61)57-21-8-3-16-50(57)51-17-4-9-22-58(51)72)66-35-32-45(41-62(66)71)44-31-34-64-55(39-44)52-18-6-12-26-63(52)73(64)49-33-30-43-36-47-40-56-53-19-7-14-29-68(53)75-69(56)42-48(47)37-46(43)38-49/h3-42H,1-2H3. The van der Waals surface area contributed by atoms with Crippen LogP contribution in [-0.2, 0) is 10.8 Å². The summed E-state index contributed by atoms with van der Waals surface area (Å²) in [4.78, 5) is 2.58. The molecule has 0 unspecified atom stereocenters. The topological polar surface area (TPSA) is 8.17 Å². The second-order valence-electron chi connectivity index (χ2n) is 21.6. The van der Waals surface area contributed by atoms with Crippen molar-refractivity contribution in [1.82, 2.24) is 4.57 Å². The molecule has 17 rings (SSSR count). The highest BCUT2D eigenvalue weighted by atomic mass is 32.1. The SMILES string of the molecule is CC1(C)c2ccccc2N(c2cccc3c2-c2ccccc2C32c3ccccc3-c3ccccc32)c2ccc(-c3ccc4c(c3)c3ccccc3n4-c3ccc4cc5cc6c(cc5cc4c3)sc3ccccc36)cc21. The van der Waals surface area contributed by atoms with Crippen LogP contribution in [0.2, 0.25) is 0 Å². The van der Waals surface area contributed by atoms with Crippen LogP contribution in [0.15, 0.2) is 243 Å². The summed E-state index contributed by atoms with van der Waals surface area (Å²) < 4.78 is 5.13. The van der Waals surface area contributed by atoms with Gasteiger partial charge in [0, 0.05) is 47.6 Å². The first-order valence-electron chi connectivity index (χ1n) is 26.2. The maximum atomic E-state index is 2.58. The van der Waals surface area contributed by atoms with Crippen LogP contribution in [0.5, 0.6) is 0 Å². The van der Waals surface area contributed by atoms with E-state index >= 15 is 0 Å². The van der Waals surface area contributed by atoms with Crippen LogP contribution in [0.4, 0.5) is 17.1 Å². The van der Waals surface area contributed by atoms with E-state index < -0.39 is 5.41 Å². The Morgan fingerprint density at radius 1 is 0.333 bits per heavy atom. The van der Waals surface area contributed by atoms with Crippen molar-refractivity contribution in [2.45, 2.75) is 24.7 Å². The normalized spacial score (nSPS) is 14.5. The average Bonchev–Trinajstić information content (AvgIpc) is 4.35. The van der Waals surface area contributed by atoms with Gasteiger partial charge in [0.25, 0.3) is 0 Å². The highest BCUT2D eigenvalue weighted by molar-refractivity contribution is 7.25. The lowest BCUT2D eigenvalue weighted by Crippen LogP contribution is -2.31. The van der Waals surface area contributed by atoms with E-state index in [-0.39, 0.29) is 5.41 Å². The molecule has 0 atom stereocenters. The highest BCUT2D eigenvalue weighted by Crippen LogP contribution is 2.65. The predicted octanol–water partition coefficient (Wildman–Crippen LogP) is 19.6. The Kier molecular flexibility index (Phi) is 8.19. The number of para-hydroxylation sites is 2. The molecule has 350 valence electrons. The number of benzene rings is 12. The molecule has 3 heterocycles. The van der Waals surface area contributed by atoms with Gasteiger partial charge in [0.1, 0.15) is 0 Å². The van der Waals surface area contributed by atoms with Gasteiger partial charge in [-0.2, -0.15) is 0 Å². The van der Waals surface area contributed by atoms with Gasteiger partial charge in [-0.15, -0.1) is 11.3 Å². The van der Waals surface area contributed by atoms with E-state index in [2.05, 4.69) is 266 Å². The molecule has 0 saturated heterocycles. The third-order valence-corrected chi connectivity index (χ3v) is 18.6. The van der Waals surface area contributed by atoms with Gasteiger partial charge in [0.2, 0.25) is 0 Å². The summed E-state index contributed by atoms with van der Waals surface area (Å²) in [6.45, 7) is 4.82. The van der Waals surface area contributed by atoms with Gasteiger partial charge in [-0.05, 0) is 168 Å². The molecule has 3 aliphatic rings. The van der Waals surface area contributed by atoms with Crippen molar-refractivity contribution in [3.05, 3.63) is 276 Å². The summed E-state index contributed by atoms with van der Waals surface area (Å²) in [5.74, 6) is 0. The molecule has 2 aliphatic carbocycles. The fourth-order valence-corrected chi connectivity index (χ4v) is 15.4. The molecule has 12 aromatic carbocycles. The largest absolute Gasteiger partial charge is 0.309 e. The van der Waals surface area contributed by atoms with Crippen molar-refractivity contribution in [3.63, 3.8) is 0 Å². The number of rotatable bonds is 3. The number of hydrogen-bond acceptors (Lipinski definition) is 2. The predicted molar refractivity (Wildman–Crippen MR) is 317 cm³/mol. The zero-order valence-corrected chi connectivity index (χ0v) is 42.2. The van der Waals surface area contributed by atoms with Gasteiger partial charge >= 0.3 is 0 Å². The first kappa shape index (κ1) is 41.5. The quantitative estimate of drug-likeness (QED) is 0.160. The summed E-state index contributed by atoms with van der Waals surface area (Å²) in [6, 6.07) is 92.1. The second kappa shape index (κ2) is 14.8. The lowest BCUT2D eigenvalue weighted by atomic mass is 9.70. The maximum Gasteiger partial charge on any atom is 0.0726 e. The van der Waals surface area contributed by atoms with Gasteiger partial charge in [-0.25, -0.2) is 0 Å². The van der Waals surface area contributed by atoms with E-state index in [1.807, 2.05) is 11.3 Å². The maximum absolute atomic E-state index is 2.58. The smallest absolute Gasteiger partial charge is 0.0726 e. The van der Waals surface area contributed by atoms with Crippen molar-refractivity contribution in [3.8, 4) is 39.1 Å². The molecule has 2 nitrogen and oxygen atoms in total. The fourth-order valence-electron chi connectivity index (χ4n) is 14.2. The summed E-state index contributed by atoms with van der Waals surface area (Å²) in [5, 5.41) is 10.2. The average molecular weight is 971 g/mol. The first-order chi connectivity index (χ1) is 36.9. The Morgan fingerprint density at radius 2 is 0.920 bits per heavy atom. The van der Waals surface area contributed by atoms with Gasteiger partial charge < -0.3 is 9.47 Å². The van der Waals surface area contributed by atoms with E-state index in [9.17, 15) is 0 Å². The number of anilines is 3. The minimum atomic E-state index is -0.422. The molecule has 75 heavy (non-hydrogen) atoms. The van der Waals surface area contributed by atoms with Gasteiger partial charge in [-0.3, -0.25) is 0 Å². The Bertz CT molecular complexity index is 4790. The number of hydrogen-bond donors (Lipinski definition) is 0. The molecule has 14 aromatic rings. The summed E-state index contributed by atoms with van der Waals surface area (Å²) in [5.41, 5.74) is 22.3. The molecule has 0 amide bonds. The number of fused-ring (bicyclic) bond motifs is 20. The zero-order valence-electron chi connectivity index (χ0n) is 41.4. The first-order valence-corrected chi connectivity index (χ1v) is 27.0. The van der Waals surface area contributed by atoms with Crippen molar-refractivity contribution in [1.29, 1.82) is 0 Å². The van der Waals surface area contributed by atoms with Crippen LogP contribution in [0.3, 0.4) is 0 Å². The van der Waals surface area contributed by atoms with Gasteiger partial charge in [0.05, 0.1) is 33.5 Å². The summed E-state index contributed by atoms with van der Waals surface area (Å²) in [6.07, 6.45) is 0. The molecular weight excluding hydrogens is 925 g/mol. The molecule has 1 spiro atoms. The van der Waals surface area contributed by atoms with Crippen molar-refractivity contribution in [2.24, 2.45) is 0 Å². The van der Waals surface area contributed by atoms with Crippen LogP contribution >= 0.6 is 11.3 Å². The third-order valence-electron chi connectivity index (χ3n) is 17.5. The monoisotopic (exact) mass is 970 g/mol. The van der Waals surface area contributed by atoms with Crippen LogP contribution in [0.1, 0.15) is 47.2 Å². The molecule has 0 fully saturated rings. The Labute approximate surface area is 438 Å². The molecule has 0 saturated carbocycles. The lowest BCUT2D eigenvalue weighted by Gasteiger charge is -2.43. The molecular formula is C72H46N2S. The van der Waals surface area contributed by atoms with E-state index in [4.69, 9.17) is 0 Å². The second-order valence-corrected chi connectivity index (χ2v) is 22.6. The van der Waals surface area contributed by atoms with Crippen molar-refractivity contribution >= 4 is 91.9 Å². The Morgan fingerprint density at radius 3 is 1.75 bits per heavy atom. The van der Waals surface area contributed by atoms with Crippen molar-refractivity contribution < 1.29 is 0 Å². The molecule has 0 N–H and O–H groups in total. The Hall–Kier alpha value is -9.02. The molecule has 2 aromatic heterocycles. The van der Waals surface area contributed by atoms with Gasteiger partial charge in [-0.1, -0.05) is 172 Å². The minimum absolute atomic E-state index is 0.274. The lowest BCUT2D eigenvalue weighted by molar-refractivity contribution is 0.632. The van der Waals surface area contributed by atoms with Crippen LogP contribution in [0, 0.1) is 0 Å². The van der Waals surface area contributed by atoms with E-state index in [1.165, 1.54) is 153 Å². The highest BCUT2D eigenvalue weighted by Gasteiger charge is 2.52. The Balaban J connectivity index is 0.814. The van der Waals surface area contributed by atoms with E-state index in [0.717, 1.165) is 0 Å². The van der Waals surface area contributed by atoms with E-state index in [0.29, 0.717) is 0 Å². The summed E-state index contributed by atoms with van der Waals surface area (Å²) in [7, 11) is 0. The van der Waals surface area contributed by atoms with Crippen LogP contribution in [-0.4, -0.2) is 4.57 Å². The fraction of sp³-hybridized carbons (Fsp3) is 0.0556. The zero-order chi connectivity index (χ0) is 49.3.